The van der Waals surface area contributed by atoms with Crippen molar-refractivity contribution in [3.8, 4) is 22.6 Å². The summed E-state index contributed by atoms with van der Waals surface area (Å²) in [5.41, 5.74) is 3.57. The molecule has 2 aromatic heterocycles. The van der Waals surface area contributed by atoms with Crippen LogP contribution in [0.2, 0.25) is 10.0 Å². The third kappa shape index (κ3) is 4.27. The Morgan fingerprint density at radius 2 is 1.73 bits per heavy atom. The summed E-state index contributed by atoms with van der Waals surface area (Å²) in [6, 6.07) is 12.5. The van der Waals surface area contributed by atoms with Gasteiger partial charge in [-0.2, -0.15) is 4.98 Å². The molecule has 3 saturated carbocycles. The summed E-state index contributed by atoms with van der Waals surface area (Å²) in [4.78, 5) is 16.6. The Hall–Kier alpha value is -3.42. The lowest BCUT2D eigenvalue weighted by Crippen LogP contribution is -2.19. The number of fused-ring (bicyclic) bond motifs is 2. The second-order valence-electron chi connectivity index (χ2n) is 11.3. The lowest BCUT2D eigenvalue weighted by molar-refractivity contribution is 0.0600. The van der Waals surface area contributed by atoms with Crippen LogP contribution in [-0.2, 0) is 10.2 Å². The molecule has 40 heavy (non-hydrogen) atoms. The molecule has 7 rings (SSSR count). The molecule has 0 spiro atoms. The van der Waals surface area contributed by atoms with Gasteiger partial charge < -0.3 is 13.8 Å². The van der Waals surface area contributed by atoms with Crippen LogP contribution in [0.3, 0.4) is 0 Å². The third-order valence-corrected chi connectivity index (χ3v) is 9.47. The number of aromatic nitrogens is 3. The maximum absolute atomic E-state index is 11.8. The highest BCUT2D eigenvalue weighted by molar-refractivity contribution is 6.39. The lowest BCUT2D eigenvalue weighted by atomic mass is 9.81. The van der Waals surface area contributed by atoms with Crippen LogP contribution in [-0.4, -0.2) is 28.4 Å². The molecule has 2 heterocycles. The highest BCUT2D eigenvalue weighted by atomic mass is 35.5. The number of methoxy groups -OCH3 is 1. The summed E-state index contributed by atoms with van der Waals surface area (Å²) in [5.74, 6) is 2.16. The molecule has 0 radical (unpaired) electrons. The van der Waals surface area contributed by atoms with Gasteiger partial charge in [-0.15, -0.1) is 0 Å². The number of benzene rings is 2. The second-order valence-corrected chi connectivity index (χ2v) is 12.1. The largest absolute Gasteiger partial charge is 0.465 e. The second kappa shape index (κ2) is 9.60. The van der Waals surface area contributed by atoms with Crippen molar-refractivity contribution in [1.29, 1.82) is 0 Å². The van der Waals surface area contributed by atoms with E-state index < -0.39 is 0 Å². The van der Waals surface area contributed by atoms with E-state index in [0.29, 0.717) is 44.5 Å². The molecule has 0 unspecified atom stereocenters. The maximum atomic E-state index is 11.8. The zero-order valence-corrected chi connectivity index (χ0v) is 23.5. The van der Waals surface area contributed by atoms with Gasteiger partial charge in [-0.05, 0) is 74.6 Å². The first kappa shape index (κ1) is 25.5. The van der Waals surface area contributed by atoms with Gasteiger partial charge in [0.25, 0.3) is 0 Å². The van der Waals surface area contributed by atoms with Crippen molar-refractivity contribution < 1.29 is 18.6 Å². The highest BCUT2D eigenvalue weighted by Gasteiger charge is 2.56. The molecule has 0 amide bonds. The fourth-order valence-corrected chi connectivity index (χ4v) is 7.05. The van der Waals surface area contributed by atoms with Crippen molar-refractivity contribution in [3.05, 3.63) is 81.4 Å². The smallest absolute Gasteiger partial charge is 0.337 e. The van der Waals surface area contributed by atoms with Gasteiger partial charge in [0.15, 0.2) is 0 Å². The van der Waals surface area contributed by atoms with Crippen LogP contribution in [0.25, 0.3) is 28.7 Å². The molecule has 7 nitrogen and oxygen atoms in total. The van der Waals surface area contributed by atoms with Crippen LogP contribution in [0.4, 0.5) is 0 Å². The van der Waals surface area contributed by atoms with E-state index in [1.807, 2.05) is 30.3 Å². The predicted molar refractivity (Wildman–Crippen MR) is 151 cm³/mol. The number of halogens is 2. The number of hydrogen-bond acceptors (Lipinski definition) is 7. The summed E-state index contributed by atoms with van der Waals surface area (Å²) in [6.45, 7) is 0. The first-order chi connectivity index (χ1) is 19.4. The van der Waals surface area contributed by atoms with Crippen molar-refractivity contribution in [2.45, 2.75) is 56.3 Å². The Morgan fingerprint density at radius 1 is 1.00 bits per heavy atom. The van der Waals surface area contributed by atoms with Crippen molar-refractivity contribution >= 4 is 35.2 Å². The molecule has 9 heteroatoms. The van der Waals surface area contributed by atoms with Crippen LogP contribution < -0.4 is 0 Å². The number of allylic oxidation sites excluding steroid dienone is 1. The zero-order valence-electron chi connectivity index (χ0n) is 22.0. The first-order valence-corrected chi connectivity index (χ1v) is 14.3. The minimum atomic E-state index is -0.377. The van der Waals surface area contributed by atoms with Crippen molar-refractivity contribution in [1.82, 2.24) is 15.3 Å². The average molecular weight is 576 g/mol. The van der Waals surface area contributed by atoms with Crippen molar-refractivity contribution in [3.63, 3.8) is 0 Å². The van der Waals surface area contributed by atoms with E-state index in [4.69, 9.17) is 42.0 Å². The van der Waals surface area contributed by atoms with E-state index in [2.05, 4.69) is 22.5 Å². The van der Waals surface area contributed by atoms with Crippen LogP contribution in [0.15, 0.2) is 57.6 Å². The molecule has 3 fully saturated rings. The Labute approximate surface area is 241 Å². The van der Waals surface area contributed by atoms with Crippen LogP contribution in [0.5, 0.6) is 0 Å². The van der Waals surface area contributed by atoms with Gasteiger partial charge in [-0.3, -0.25) is 0 Å². The lowest BCUT2D eigenvalue weighted by Gasteiger charge is -2.23. The van der Waals surface area contributed by atoms with Gasteiger partial charge in [-0.1, -0.05) is 63.9 Å². The Morgan fingerprint density at radius 3 is 2.40 bits per heavy atom. The van der Waals surface area contributed by atoms with E-state index in [1.54, 1.807) is 12.1 Å². The van der Waals surface area contributed by atoms with Gasteiger partial charge >= 0.3 is 5.97 Å². The summed E-state index contributed by atoms with van der Waals surface area (Å²) in [5, 5.41) is 9.83. The molecule has 3 aliphatic rings. The zero-order chi connectivity index (χ0) is 27.5. The topological polar surface area (TPSA) is 91.2 Å². The Bertz CT molecular complexity index is 1610. The van der Waals surface area contributed by atoms with Crippen LogP contribution in [0, 0.1) is 5.41 Å². The molecule has 204 valence electrons. The summed E-state index contributed by atoms with van der Waals surface area (Å²) in [6.07, 6.45) is 11.7. The molecule has 2 aromatic carbocycles. The fourth-order valence-electron chi connectivity index (χ4n) is 6.47. The quantitative estimate of drug-likeness (QED) is 0.205. The Kier molecular flexibility index (Phi) is 6.13. The van der Waals surface area contributed by atoms with E-state index in [9.17, 15) is 4.79 Å². The van der Waals surface area contributed by atoms with E-state index >= 15 is 0 Å². The highest BCUT2D eigenvalue weighted by Crippen LogP contribution is 2.63. The average Bonchev–Trinajstić information content (AvgIpc) is 3.32. The van der Waals surface area contributed by atoms with Gasteiger partial charge in [0.05, 0.1) is 28.1 Å². The molecule has 0 saturated heterocycles. The minimum absolute atomic E-state index is 0.0381. The van der Waals surface area contributed by atoms with Crippen LogP contribution >= 0.6 is 23.2 Å². The molecule has 3 aliphatic carbocycles. The van der Waals surface area contributed by atoms with Gasteiger partial charge in [-0.25, -0.2) is 4.79 Å². The summed E-state index contributed by atoms with van der Waals surface area (Å²) < 4.78 is 16.5. The number of hydrogen-bond donors (Lipinski definition) is 0. The molecular formula is C31H27Cl2N3O4. The molecule has 0 atom stereocenters. The van der Waals surface area contributed by atoms with E-state index in [0.717, 1.165) is 61.8 Å². The van der Waals surface area contributed by atoms with Crippen molar-refractivity contribution in [2.75, 3.05) is 7.11 Å². The Balaban J connectivity index is 1.15. The van der Waals surface area contributed by atoms with Gasteiger partial charge in [0.1, 0.15) is 11.5 Å². The molecular weight excluding hydrogens is 549 g/mol. The fraction of sp³-hybridized carbons (Fsp3) is 0.355. The molecule has 4 aromatic rings. The molecule has 0 N–H and O–H groups in total. The first-order valence-electron chi connectivity index (χ1n) is 13.6. The summed E-state index contributed by atoms with van der Waals surface area (Å²) >= 11 is 13.1. The third-order valence-electron chi connectivity index (χ3n) is 8.84. The molecule has 0 aliphatic heterocycles. The molecule has 2 bridgehead atoms. The number of carbonyl (C=O) groups is 1. The van der Waals surface area contributed by atoms with Crippen molar-refractivity contribution in [2.24, 2.45) is 5.41 Å². The van der Waals surface area contributed by atoms with Crippen LogP contribution in [0.1, 0.15) is 78.4 Å². The minimum Gasteiger partial charge on any atom is -0.465 e. The summed E-state index contributed by atoms with van der Waals surface area (Å²) in [7, 11) is 1.37. The predicted octanol–water partition coefficient (Wildman–Crippen LogP) is 8.28. The SMILES string of the molecule is COC(=O)c1ccc(-c2noc(C34CCC(/C=C/c5c(-c6c(Cl)cccc6Cl)noc5C5CC5)(CC3)C4)n2)cc1. The number of nitrogens with zero attached hydrogens (tertiary/aromatic N) is 3. The maximum Gasteiger partial charge on any atom is 0.337 e. The number of rotatable bonds is 7. The van der Waals surface area contributed by atoms with E-state index in [-0.39, 0.29) is 16.8 Å². The number of carbonyl (C=O) groups excluding carboxylic acids is 1. The standard InChI is InChI=1S/C31H27Cl2N3O4/c1-38-28(37)20-9-7-19(8-10-20)27-34-29(40-36-27)31-15-13-30(17-31,14-16-31)12-11-21-25(35-39-26(21)18-5-6-18)24-22(32)3-2-4-23(24)33/h2-4,7-12,18H,5-6,13-17H2,1H3/b12-11+. The van der Waals surface area contributed by atoms with Gasteiger partial charge in [0.2, 0.25) is 11.7 Å². The number of esters is 1. The monoisotopic (exact) mass is 575 g/mol. The van der Waals surface area contributed by atoms with E-state index in [1.165, 1.54) is 7.11 Å². The number of ether oxygens (including phenoxy) is 1. The van der Waals surface area contributed by atoms with Gasteiger partial charge in [0, 0.05) is 22.6 Å². The normalized spacial score (nSPS) is 23.8.